The van der Waals surface area contributed by atoms with Gasteiger partial charge in [0.15, 0.2) is 0 Å². The Hall–Kier alpha value is -1.84. The van der Waals surface area contributed by atoms with Gasteiger partial charge >= 0.3 is 0 Å². The van der Waals surface area contributed by atoms with Crippen LogP contribution in [-0.2, 0) is 10.2 Å². The summed E-state index contributed by atoms with van der Waals surface area (Å²) in [5.74, 6) is 0.0449. The molecule has 0 bridgehead atoms. The number of aryl methyl sites for hydroxylation is 2. The topological polar surface area (TPSA) is 95.1 Å². The Kier molecular flexibility index (Phi) is 4.90. The Labute approximate surface area is 148 Å². The maximum Gasteiger partial charge on any atom is 0.281 e. The molecular weight excluding hydrogens is 340 g/mol. The van der Waals surface area contributed by atoms with Crippen molar-refractivity contribution in [1.29, 1.82) is 0 Å². The van der Waals surface area contributed by atoms with Gasteiger partial charge in [-0.3, -0.25) is 10.1 Å². The average molecular weight is 364 g/mol. The summed E-state index contributed by atoms with van der Waals surface area (Å²) in [6.45, 7) is 4.86. The zero-order valence-corrected chi connectivity index (χ0v) is 15.8. The molecule has 0 aliphatic carbocycles. The summed E-state index contributed by atoms with van der Waals surface area (Å²) in [6, 6.07) is 0. The summed E-state index contributed by atoms with van der Waals surface area (Å²) in [7, 11) is -0.285. The van der Waals surface area contributed by atoms with Crippen LogP contribution in [0.3, 0.4) is 0 Å². The number of nitrogens with zero attached hydrogens (tertiary/aromatic N) is 5. The average Bonchev–Trinajstić information content (AvgIpc) is 2.93. The maximum absolute atomic E-state index is 12.4. The first kappa shape index (κ1) is 18.0. The largest absolute Gasteiger partial charge is 0.282 e. The second-order valence-electron chi connectivity index (χ2n) is 6.63. The molecule has 3 rings (SSSR count). The summed E-state index contributed by atoms with van der Waals surface area (Å²) < 4.78 is 27.6. The molecule has 2 aromatic heterocycles. The van der Waals surface area contributed by atoms with Gasteiger partial charge in [0.1, 0.15) is 0 Å². The summed E-state index contributed by atoms with van der Waals surface area (Å²) in [4.78, 5) is 9.10. The standard InChI is InChI=1S/C16H24N6O2S/c1-11-16(12(2)20-19-11)15-9-17-8-14(18-15)13-6-5-7-22(10-13)25(23,24)21(3)4/h8-9,13H,5-7,10H2,1-4H3,(H,19,20)/t13-/m1/s1. The SMILES string of the molecule is Cc1n[nH]c(C)c1-c1cncc([C@@H]2CCCN(S(=O)(=O)N(C)C)C2)n1. The molecule has 1 atom stereocenters. The molecule has 0 spiro atoms. The van der Waals surface area contributed by atoms with Crippen molar-refractivity contribution in [2.24, 2.45) is 0 Å². The van der Waals surface area contributed by atoms with Gasteiger partial charge in [-0.1, -0.05) is 0 Å². The molecule has 0 radical (unpaired) electrons. The third kappa shape index (κ3) is 3.44. The molecule has 0 aromatic carbocycles. The molecule has 8 nitrogen and oxygen atoms in total. The first-order valence-corrected chi connectivity index (χ1v) is 9.72. The Morgan fingerprint density at radius 1 is 1.28 bits per heavy atom. The van der Waals surface area contributed by atoms with Crippen molar-refractivity contribution in [1.82, 2.24) is 28.8 Å². The van der Waals surface area contributed by atoms with Crippen LogP contribution < -0.4 is 0 Å². The number of hydrogen-bond donors (Lipinski definition) is 1. The van der Waals surface area contributed by atoms with E-state index in [1.165, 1.54) is 8.61 Å². The summed E-state index contributed by atoms with van der Waals surface area (Å²) >= 11 is 0. The molecule has 1 N–H and O–H groups in total. The minimum Gasteiger partial charge on any atom is -0.282 e. The molecule has 0 amide bonds. The molecule has 9 heteroatoms. The number of hydrogen-bond acceptors (Lipinski definition) is 5. The first-order chi connectivity index (χ1) is 11.8. The van der Waals surface area contributed by atoms with Crippen LogP contribution in [0.25, 0.3) is 11.3 Å². The van der Waals surface area contributed by atoms with E-state index in [0.29, 0.717) is 13.1 Å². The molecular formula is C16H24N6O2S. The minimum atomic E-state index is -3.40. The fourth-order valence-corrected chi connectivity index (χ4v) is 4.44. The van der Waals surface area contributed by atoms with Crippen LogP contribution in [-0.4, -0.2) is 64.4 Å². The van der Waals surface area contributed by atoms with Crippen LogP contribution in [0.4, 0.5) is 0 Å². The van der Waals surface area contributed by atoms with E-state index >= 15 is 0 Å². The van der Waals surface area contributed by atoms with Gasteiger partial charge in [-0.2, -0.15) is 22.1 Å². The maximum atomic E-state index is 12.4. The van der Waals surface area contributed by atoms with Crippen LogP contribution in [0.2, 0.25) is 0 Å². The highest BCUT2D eigenvalue weighted by atomic mass is 32.2. The van der Waals surface area contributed by atoms with Crippen LogP contribution >= 0.6 is 0 Å². The highest BCUT2D eigenvalue weighted by molar-refractivity contribution is 7.86. The lowest BCUT2D eigenvalue weighted by atomic mass is 9.96. The summed E-state index contributed by atoms with van der Waals surface area (Å²) in [6.07, 6.45) is 5.19. The zero-order chi connectivity index (χ0) is 18.2. The number of rotatable bonds is 4. The Morgan fingerprint density at radius 3 is 2.68 bits per heavy atom. The normalized spacial score (nSPS) is 19.5. The lowest BCUT2D eigenvalue weighted by Gasteiger charge is -2.33. The van der Waals surface area contributed by atoms with E-state index in [1.54, 1.807) is 26.5 Å². The van der Waals surface area contributed by atoms with Crippen LogP contribution in [0, 0.1) is 13.8 Å². The van der Waals surface area contributed by atoms with Crippen molar-refractivity contribution in [3.63, 3.8) is 0 Å². The van der Waals surface area contributed by atoms with E-state index in [9.17, 15) is 8.42 Å². The fraction of sp³-hybridized carbons (Fsp3) is 0.562. The zero-order valence-electron chi connectivity index (χ0n) is 15.0. The van der Waals surface area contributed by atoms with E-state index < -0.39 is 10.2 Å². The predicted octanol–water partition coefficient (Wildman–Crippen LogP) is 1.47. The number of aromatic nitrogens is 4. The summed E-state index contributed by atoms with van der Waals surface area (Å²) in [5, 5.41) is 7.18. The van der Waals surface area contributed by atoms with Crippen molar-refractivity contribution in [2.45, 2.75) is 32.6 Å². The van der Waals surface area contributed by atoms with Crippen LogP contribution in [0.15, 0.2) is 12.4 Å². The van der Waals surface area contributed by atoms with Crippen molar-refractivity contribution in [3.05, 3.63) is 29.5 Å². The molecule has 0 saturated carbocycles. The molecule has 3 heterocycles. The van der Waals surface area contributed by atoms with Gasteiger partial charge in [-0.05, 0) is 26.7 Å². The van der Waals surface area contributed by atoms with Gasteiger partial charge in [0, 0.05) is 50.6 Å². The third-order valence-electron chi connectivity index (χ3n) is 4.63. The Bertz CT molecular complexity index is 842. The fourth-order valence-electron chi connectivity index (χ4n) is 3.25. The third-order valence-corrected chi connectivity index (χ3v) is 6.53. The van der Waals surface area contributed by atoms with Gasteiger partial charge in [-0.25, -0.2) is 4.98 Å². The van der Waals surface area contributed by atoms with Gasteiger partial charge in [-0.15, -0.1) is 0 Å². The molecule has 1 aliphatic rings. The highest BCUT2D eigenvalue weighted by Gasteiger charge is 2.31. The smallest absolute Gasteiger partial charge is 0.281 e. The quantitative estimate of drug-likeness (QED) is 0.886. The molecule has 1 aliphatic heterocycles. The second kappa shape index (κ2) is 6.81. The van der Waals surface area contributed by atoms with Crippen molar-refractivity contribution < 1.29 is 8.42 Å². The number of aromatic amines is 1. The number of nitrogens with one attached hydrogen (secondary N) is 1. The van der Waals surface area contributed by atoms with Gasteiger partial charge < -0.3 is 0 Å². The lowest BCUT2D eigenvalue weighted by molar-refractivity contribution is 0.296. The molecule has 2 aromatic rings. The number of piperidine rings is 1. The minimum absolute atomic E-state index is 0.0449. The van der Waals surface area contributed by atoms with Crippen molar-refractivity contribution >= 4 is 10.2 Å². The van der Waals surface area contributed by atoms with Crippen molar-refractivity contribution in [2.75, 3.05) is 27.2 Å². The van der Waals surface area contributed by atoms with Crippen LogP contribution in [0.5, 0.6) is 0 Å². The molecule has 1 fully saturated rings. The highest BCUT2D eigenvalue weighted by Crippen LogP contribution is 2.29. The molecule has 0 unspecified atom stereocenters. The Balaban J connectivity index is 1.89. The van der Waals surface area contributed by atoms with E-state index in [-0.39, 0.29) is 5.92 Å². The van der Waals surface area contributed by atoms with E-state index in [2.05, 4.69) is 15.2 Å². The Morgan fingerprint density at radius 2 is 2.04 bits per heavy atom. The monoisotopic (exact) mass is 364 g/mol. The summed E-state index contributed by atoms with van der Waals surface area (Å²) in [5.41, 5.74) is 4.39. The van der Waals surface area contributed by atoms with Gasteiger partial charge in [0.25, 0.3) is 10.2 Å². The molecule has 25 heavy (non-hydrogen) atoms. The van der Waals surface area contributed by atoms with Gasteiger partial charge in [0.05, 0.1) is 23.3 Å². The lowest BCUT2D eigenvalue weighted by Crippen LogP contribution is -2.45. The van der Waals surface area contributed by atoms with E-state index in [0.717, 1.165) is 41.2 Å². The number of H-pyrrole nitrogens is 1. The molecule has 136 valence electrons. The first-order valence-electron chi connectivity index (χ1n) is 8.32. The molecule has 1 saturated heterocycles. The van der Waals surface area contributed by atoms with Crippen molar-refractivity contribution in [3.8, 4) is 11.3 Å². The van der Waals surface area contributed by atoms with Gasteiger partial charge in [0.2, 0.25) is 0 Å². The van der Waals surface area contributed by atoms with Crippen LogP contribution in [0.1, 0.15) is 35.8 Å². The predicted molar refractivity (Wildman–Crippen MR) is 95.2 cm³/mol. The van der Waals surface area contributed by atoms with E-state index in [4.69, 9.17) is 4.98 Å². The van der Waals surface area contributed by atoms with E-state index in [1.807, 2.05) is 13.8 Å². The second-order valence-corrected chi connectivity index (χ2v) is 8.77.